The minimum atomic E-state index is 0.896. The third kappa shape index (κ3) is 3.49. The number of methoxy groups -OCH3 is 1. The van der Waals surface area contributed by atoms with Crippen LogP contribution in [-0.2, 0) is 5.75 Å². The van der Waals surface area contributed by atoms with Crippen LogP contribution in [-0.4, -0.2) is 12.1 Å². The molecule has 0 fully saturated rings. The molecule has 0 N–H and O–H groups in total. The molecule has 2 rings (SSSR count). The summed E-state index contributed by atoms with van der Waals surface area (Å²) in [7, 11) is 1.68. The molecule has 0 saturated heterocycles. The maximum atomic E-state index is 5.13. The zero-order chi connectivity index (χ0) is 12.1. The van der Waals surface area contributed by atoms with Gasteiger partial charge in [-0.3, -0.25) is 0 Å². The number of aromatic nitrogens is 1. The molecule has 0 aliphatic heterocycles. The molecule has 1 heterocycles. The summed E-state index contributed by atoms with van der Waals surface area (Å²) in [5, 5.41) is 1.06. The van der Waals surface area contributed by atoms with Crippen molar-refractivity contribution in [1.82, 2.24) is 4.98 Å². The minimum Gasteiger partial charge on any atom is -0.497 e. The zero-order valence-corrected chi connectivity index (χ0v) is 10.8. The van der Waals surface area contributed by atoms with Crippen LogP contribution in [0.4, 0.5) is 0 Å². The molecule has 3 heteroatoms. The standard InChI is InChI=1S/C14H15NOS/c1-11-3-8-14(15-9-11)17-10-12-4-6-13(16-2)7-5-12/h3-9H,10H2,1-2H3. The van der Waals surface area contributed by atoms with E-state index in [2.05, 4.69) is 29.2 Å². The Bertz CT molecular complexity index is 465. The molecule has 0 radical (unpaired) electrons. The van der Waals surface area contributed by atoms with Crippen molar-refractivity contribution in [2.45, 2.75) is 17.7 Å². The Morgan fingerprint density at radius 2 is 1.88 bits per heavy atom. The molecule has 88 valence electrons. The predicted molar refractivity (Wildman–Crippen MR) is 71.5 cm³/mol. The maximum absolute atomic E-state index is 5.13. The summed E-state index contributed by atoms with van der Waals surface area (Å²) in [4.78, 5) is 4.37. The lowest BCUT2D eigenvalue weighted by Gasteiger charge is -2.03. The largest absolute Gasteiger partial charge is 0.497 e. The number of aryl methyl sites for hydroxylation is 1. The van der Waals surface area contributed by atoms with Crippen molar-refractivity contribution in [1.29, 1.82) is 0 Å². The van der Waals surface area contributed by atoms with E-state index in [4.69, 9.17) is 4.74 Å². The Kier molecular flexibility index (Phi) is 4.04. The molecule has 0 spiro atoms. The molecular weight excluding hydrogens is 230 g/mol. The number of pyridine rings is 1. The van der Waals surface area contributed by atoms with Gasteiger partial charge in [-0.25, -0.2) is 4.98 Å². The van der Waals surface area contributed by atoms with Crippen LogP contribution >= 0.6 is 11.8 Å². The number of nitrogens with zero attached hydrogens (tertiary/aromatic N) is 1. The molecule has 0 saturated carbocycles. The maximum Gasteiger partial charge on any atom is 0.118 e. The van der Waals surface area contributed by atoms with Crippen molar-refractivity contribution in [2.75, 3.05) is 7.11 Å². The molecule has 0 aliphatic rings. The molecule has 0 unspecified atom stereocenters. The number of thioether (sulfide) groups is 1. The van der Waals surface area contributed by atoms with Gasteiger partial charge in [-0.1, -0.05) is 18.2 Å². The van der Waals surface area contributed by atoms with E-state index in [0.717, 1.165) is 16.5 Å². The van der Waals surface area contributed by atoms with E-state index in [1.165, 1.54) is 11.1 Å². The van der Waals surface area contributed by atoms with E-state index >= 15 is 0 Å². The second-order valence-electron chi connectivity index (χ2n) is 3.81. The lowest BCUT2D eigenvalue weighted by atomic mass is 10.2. The van der Waals surface area contributed by atoms with Gasteiger partial charge in [-0.05, 0) is 36.2 Å². The van der Waals surface area contributed by atoms with Crippen LogP contribution in [0.1, 0.15) is 11.1 Å². The average Bonchev–Trinajstić information content (AvgIpc) is 2.39. The monoisotopic (exact) mass is 245 g/mol. The van der Waals surface area contributed by atoms with Gasteiger partial charge in [0.15, 0.2) is 0 Å². The molecule has 0 atom stereocenters. The van der Waals surface area contributed by atoms with Gasteiger partial charge in [-0.2, -0.15) is 0 Å². The molecule has 0 bridgehead atoms. The fourth-order valence-corrected chi connectivity index (χ4v) is 2.22. The van der Waals surface area contributed by atoms with Gasteiger partial charge in [0.2, 0.25) is 0 Å². The lowest BCUT2D eigenvalue weighted by Crippen LogP contribution is -1.85. The fourth-order valence-electron chi connectivity index (χ4n) is 1.42. The number of hydrogen-bond acceptors (Lipinski definition) is 3. The first-order valence-corrected chi connectivity index (χ1v) is 6.45. The predicted octanol–water partition coefficient (Wildman–Crippen LogP) is 3.69. The Morgan fingerprint density at radius 3 is 2.47 bits per heavy atom. The lowest BCUT2D eigenvalue weighted by molar-refractivity contribution is 0.414. The van der Waals surface area contributed by atoms with Gasteiger partial charge in [0.05, 0.1) is 12.1 Å². The van der Waals surface area contributed by atoms with Crippen molar-refractivity contribution in [3.05, 3.63) is 53.7 Å². The summed E-state index contributed by atoms with van der Waals surface area (Å²) in [5.41, 5.74) is 2.47. The normalized spacial score (nSPS) is 10.2. The molecule has 1 aromatic heterocycles. The van der Waals surface area contributed by atoms with E-state index in [9.17, 15) is 0 Å². The van der Waals surface area contributed by atoms with Crippen LogP contribution < -0.4 is 4.74 Å². The Labute approximate surface area is 106 Å². The van der Waals surface area contributed by atoms with Gasteiger partial charge in [0, 0.05) is 11.9 Å². The molecule has 2 aromatic rings. The topological polar surface area (TPSA) is 22.1 Å². The van der Waals surface area contributed by atoms with Gasteiger partial charge < -0.3 is 4.74 Å². The summed E-state index contributed by atoms with van der Waals surface area (Å²) in [6.07, 6.45) is 1.90. The number of hydrogen-bond donors (Lipinski definition) is 0. The van der Waals surface area contributed by atoms with E-state index in [1.807, 2.05) is 25.3 Å². The van der Waals surface area contributed by atoms with Crippen LogP contribution in [0.3, 0.4) is 0 Å². The highest BCUT2D eigenvalue weighted by Gasteiger charge is 1.98. The highest BCUT2D eigenvalue weighted by atomic mass is 32.2. The summed E-state index contributed by atoms with van der Waals surface area (Å²) < 4.78 is 5.13. The van der Waals surface area contributed by atoms with Crippen molar-refractivity contribution in [3.63, 3.8) is 0 Å². The van der Waals surface area contributed by atoms with Crippen LogP contribution in [0.15, 0.2) is 47.6 Å². The Morgan fingerprint density at radius 1 is 1.12 bits per heavy atom. The summed E-state index contributed by atoms with van der Waals surface area (Å²) in [6.45, 7) is 2.05. The van der Waals surface area contributed by atoms with Gasteiger partial charge in [-0.15, -0.1) is 11.8 Å². The van der Waals surface area contributed by atoms with Crippen LogP contribution in [0.2, 0.25) is 0 Å². The first-order chi connectivity index (χ1) is 8.28. The van der Waals surface area contributed by atoms with Crippen molar-refractivity contribution >= 4 is 11.8 Å². The molecule has 1 aromatic carbocycles. The third-order valence-electron chi connectivity index (χ3n) is 2.43. The first-order valence-electron chi connectivity index (χ1n) is 5.46. The fraction of sp³-hybridized carbons (Fsp3) is 0.214. The number of ether oxygens (including phenoxy) is 1. The Hall–Kier alpha value is -1.48. The van der Waals surface area contributed by atoms with Crippen molar-refractivity contribution < 1.29 is 4.74 Å². The zero-order valence-electron chi connectivity index (χ0n) is 10.0. The van der Waals surface area contributed by atoms with E-state index in [0.29, 0.717) is 0 Å². The average molecular weight is 245 g/mol. The van der Waals surface area contributed by atoms with Crippen LogP contribution in [0, 0.1) is 6.92 Å². The molecule has 0 aliphatic carbocycles. The first kappa shape index (κ1) is 12.0. The molecule has 17 heavy (non-hydrogen) atoms. The van der Waals surface area contributed by atoms with Crippen molar-refractivity contribution in [3.8, 4) is 5.75 Å². The highest BCUT2D eigenvalue weighted by Crippen LogP contribution is 2.22. The van der Waals surface area contributed by atoms with Gasteiger partial charge in [0.1, 0.15) is 5.75 Å². The smallest absolute Gasteiger partial charge is 0.118 e. The van der Waals surface area contributed by atoms with Crippen LogP contribution in [0.5, 0.6) is 5.75 Å². The second kappa shape index (κ2) is 5.73. The minimum absolute atomic E-state index is 0.896. The quantitative estimate of drug-likeness (QED) is 0.767. The van der Waals surface area contributed by atoms with E-state index in [1.54, 1.807) is 18.9 Å². The highest BCUT2D eigenvalue weighted by molar-refractivity contribution is 7.98. The molecular formula is C14H15NOS. The number of benzene rings is 1. The number of rotatable bonds is 4. The van der Waals surface area contributed by atoms with E-state index in [-0.39, 0.29) is 0 Å². The summed E-state index contributed by atoms with van der Waals surface area (Å²) in [5.74, 6) is 1.83. The third-order valence-corrected chi connectivity index (χ3v) is 3.44. The van der Waals surface area contributed by atoms with Gasteiger partial charge >= 0.3 is 0 Å². The SMILES string of the molecule is COc1ccc(CSc2ccc(C)cn2)cc1. The molecule has 0 amide bonds. The summed E-state index contributed by atoms with van der Waals surface area (Å²) in [6, 6.07) is 12.3. The summed E-state index contributed by atoms with van der Waals surface area (Å²) >= 11 is 1.74. The van der Waals surface area contributed by atoms with Crippen LogP contribution in [0.25, 0.3) is 0 Å². The Balaban J connectivity index is 1.95. The van der Waals surface area contributed by atoms with E-state index < -0.39 is 0 Å². The van der Waals surface area contributed by atoms with Crippen molar-refractivity contribution in [2.24, 2.45) is 0 Å². The van der Waals surface area contributed by atoms with Gasteiger partial charge in [0.25, 0.3) is 0 Å². The molecule has 2 nitrogen and oxygen atoms in total. The second-order valence-corrected chi connectivity index (χ2v) is 4.81.